The highest BCUT2D eigenvalue weighted by Crippen LogP contribution is 2.20. The predicted molar refractivity (Wildman–Crippen MR) is 74.5 cm³/mol. The molecule has 0 radical (unpaired) electrons. The number of aromatic nitrogens is 2. The summed E-state index contributed by atoms with van der Waals surface area (Å²) in [6.07, 6.45) is -5.69. The van der Waals surface area contributed by atoms with Gasteiger partial charge < -0.3 is 14.9 Å². The molecule has 0 aliphatic carbocycles. The van der Waals surface area contributed by atoms with E-state index in [0.717, 1.165) is 18.5 Å². The first-order chi connectivity index (χ1) is 10.1. The van der Waals surface area contributed by atoms with Crippen LogP contribution < -0.4 is 5.32 Å². The standard InChI is InChI=1S/C12H20F3N5O2/c1-18(2)6-7-20-5-4-10(17-20)16-11(22)19(3)8-9(21)12(13,14)15/h4-5,9,21H,6-8H2,1-3H3,(H,16,17,22). The summed E-state index contributed by atoms with van der Waals surface area (Å²) in [6, 6.07) is 0.767. The maximum Gasteiger partial charge on any atom is 0.416 e. The van der Waals surface area contributed by atoms with E-state index < -0.39 is 24.9 Å². The number of hydrogen-bond acceptors (Lipinski definition) is 4. The van der Waals surface area contributed by atoms with Crippen molar-refractivity contribution in [1.29, 1.82) is 0 Å². The second-order valence-electron chi connectivity index (χ2n) is 5.14. The number of alkyl halides is 3. The van der Waals surface area contributed by atoms with Crippen molar-refractivity contribution in [3.8, 4) is 0 Å². The molecule has 0 bridgehead atoms. The van der Waals surface area contributed by atoms with E-state index in [2.05, 4.69) is 10.4 Å². The van der Waals surface area contributed by atoms with Gasteiger partial charge in [0, 0.05) is 25.9 Å². The Hall–Kier alpha value is -1.81. The lowest BCUT2D eigenvalue weighted by Crippen LogP contribution is -2.43. The van der Waals surface area contributed by atoms with Gasteiger partial charge in [-0.05, 0) is 14.1 Å². The fourth-order valence-electron chi connectivity index (χ4n) is 1.51. The van der Waals surface area contributed by atoms with Crippen molar-refractivity contribution < 1.29 is 23.1 Å². The minimum atomic E-state index is -4.76. The number of hydrogen-bond donors (Lipinski definition) is 2. The molecule has 0 spiro atoms. The first kappa shape index (κ1) is 18.2. The number of anilines is 1. The van der Waals surface area contributed by atoms with E-state index in [4.69, 9.17) is 5.11 Å². The monoisotopic (exact) mass is 323 g/mol. The molecule has 0 saturated heterocycles. The number of nitrogens with zero attached hydrogens (tertiary/aromatic N) is 4. The number of nitrogens with one attached hydrogen (secondary N) is 1. The van der Waals surface area contributed by atoms with Crippen LogP contribution in [0.2, 0.25) is 0 Å². The normalized spacial score (nSPS) is 13.3. The molecule has 1 unspecified atom stereocenters. The molecular formula is C12H20F3N5O2. The highest BCUT2D eigenvalue weighted by Gasteiger charge is 2.39. The van der Waals surface area contributed by atoms with E-state index >= 15 is 0 Å². The number of aliphatic hydroxyl groups excluding tert-OH is 1. The number of urea groups is 1. The Balaban J connectivity index is 2.50. The number of carbonyl (C=O) groups excluding carboxylic acids is 1. The summed E-state index contributed by atoms with van der Waals surface area (Å²) in [7, 11) is 4.98. The van der Waals surface area contributed by atoms with Crippen molar-refractivity contribution in [3.05, 3.63) is 12.3 Å². The summed E-state index contributed by atoms with van der Waals surface area (Å²) in [5.41, 5.74) is 0. The Morgan fingerprint density at radius 2 is 2.09 bits per heavy atom. The molecule has 0 saturated carbocycles. The van der Waals surface area contributed by atoms with E-state index in [1.165, 1.54) is 0 Å². The van der Waals surface area contributed by atoms with E-state index in [0.29, 0.717) is 6.54 Å². The third-order valence-corrected chi connectivity index (χ3v) is 2.82. The van der Waals surface area contributed by atoms with Crippen LogP contribution in [0.25, 0.3) is 0 Å². The second kappa shape index (κ2) is 7.45. The van der Waals surface area contributed by atoms with Crippen LogP contribution in [0.5, 0.6) is 0 Å². The molecule has 126 valence electrons. The van der Waals surface area contributed by atoms with Gasteiger partial charge in [0.05, 0.1) is 13.1 Å². The highest BCUT2D eigenvalue weighted by molar-refractivity contribution is 5.88. The van der Waals surface area contributed by atoms with E-state index in [9.17, 15) is 18.0 Å². The molecule has 0 aliphatic rings. The largest absolute Gasteiger partial charge is 0.416 e. The fraction of sp³-hybridized carbons (Fsp3) is 0.667. The fourth-order valence-corrected chi connectivity index (χ4v) is 1.51. The van der Waals surface area contributed by atoms with Crippen LogP contribution in [0, 0.1) is 0 Å². The predicted octanol–water partition coefficient (Wildman–Crippen LogP) is 0.832. The number of amides is 2. The Labute approximate surface area is 126 Å². The summed E-state index contributed by atoms with van der Waals surface area (Å²) >= 11 is 0. The first-order valence-electron chi connectivity index (χ1n) is 6.54. The molecule has 22 heavy (non-hydrogen) atoms. The van der Waals surface area contributed by atoms with Gasteiger partial charge in [0.1, 0.15) is 0 Å². The third-order valence-electron chi connectivity index (χ3n) is 2.82. The number of likely N-dealkylation sites (N-methyl/N-ethyl adjacent to an activating group) is 2. The van der Waals surface area contributed by atoms with Gasteiger partial charge in [-0.2, -0.15) is 18.3 Å². The number of carbonyl (C=O) groups is 1. The van der Waals surface area contributed by atoms with Crippen LogP contribution in [0.3, 0.4) is 0 Å². The van der Waals surface area contributed by atoms with Crippen molar-refractivity contribution in [2.75, 3.05) is 39.5 Å². The van der Waals surface area contributed by atoms with Gasteiger partial charge in [-0.25, -0.2) is 4.79 Å². The zero-order chi connectivity index (χ0) is 16.9. The zero-order valence-corrected chi connectivity index (χ0v) is 12.6. The molecule has 0 aromatic carbocycles. The van der Waals surface area contributed by atoms with Crippen LogP contribution in [0.1, 0.15) is 0 Å². The summed E-state index contributed by atoms with van der Waals surface area (Å²) in [5.74, 6) is 0.233. The van der Waals surface area contributed by atoms with Gasteiger partial charge in [0.2, 0.25) is 0 Å². The van der Waals surface area contributed by atoms with E-state index in [1.54, 1.807) is 16.9 Å². The topological polar surface area (TPSA) is 73.6 Å². The van der Waals surface area contributed by atoms with Gasteiger partial charge in [-0.1, -0.05) is 0 Å². The summed E-state index contributed by atoms with van der Waals surface area (Å²) < 4.78 is 38.3. The molecule has 0 fully saturated rings. The van der Waals surface area contributed by atoms with Gasteiger partial charge in [0.25, 0.3) is 0 Å². The van der Waals surface area contributed by atoms with Crippen molar-refractivity contribution in [1.82, 2.24) is 19.6 Å². The zero-order valence-electron chi connectivity index (χ0n) is 12.6. The minimum absolute atomic E-state index is 0.233. The van der Waals surface area contributed by atoms with Crippen LogP contribution >= 0.6 is 0 Å². The molecule has 2 N–H and O–H groups in total. The van der Waals surface area contributed by atoms with Crippen LogP contribution in [0.4, 0.5) is 23.8 Å². The molecule has 7 nitrogen and oxygen atoms in total. The second-order valence-corrected chi connectivity index (χ2v) is 5.14. The van der Waals surface area contributed by atoms with Gasteiger partial charge in [0.15, 0.2) is 11.9 Å². The molecule has 1 rings (SSSR count). The van der Waals surface area contributed by atoms with Crippen LogP contribution in [-0.2, 0) is 6.54 Å². The lowest BCUT2D eigenvalue weighted by Gasteiger charge is -2.22. The average molecular weight is 323 g/mol. The molecule has 1 atom stereocenters. The quantitative estimate of drug-likeness (QED) is 0.813. The highest BCUT2D eigenvalue weighted by atomic mass is 19.4. The van der Waals surface area contributed by atoms with Crippen molar-refractivity contribution in [2.45, 2.75) is 18.8 Å². The van der Waals surface area contributed by atoms with Crippen LogP contribution in [-0.4, -0.2) is 77.2 Å². The van der Waals surface area contributed by atoms with Gasteiger partial charge in [-0.3, -0.25) is 10.00 Å². The number of aliphatic hydroxyl groups is 1. The lowest BCUT2D eigenvalue weighted by atomic mass is 10.3. The maximum absolute atomic E-state index is 12.2. The summed E-state index contributed by atoms with van der Waals surface area (Å²) in [6.45, 7) is 0.523. The van der Waals surface area contributed by atoms with Gasteiger partial charge in [-0.15, -0.1) is 0 Å². The lowest BCUT2D eigenvalue weighted by molar-refractivity contribution is -0.205. The third kappa shape index (κ3) is 5.90. The number of halogens is 3. The Kier molecular flexibility index (Phi) is 6.18. The average Bonchev–Trinajstić information content (AvgIpc) is 2.82. The summed E-state index contributed by atoms with van der Waals surface area (Å²) in [4.78, 5) is 14.4. The molecule has 1 aromatic rings. The SMILES string of the molecule is CN(C)CCn1ccc(NC(=O)N(C)CC(O)C(F)(F)F)n1. The molecular weight excluding hydrogens is 303 g/mol. The van der Waals surface area contributed by atoms with E-state index in [-0.39, 0.29) is 5.82 Å². The van der Waals surface area contributed by atoms with Gasteiger partial charge >= 0.3 is 12.2 Å². The minimum Gasteiger partial charge on any atom is -0.382 e. The molecule has 2 amide bonds. The first-order valence-corrected chi connectivity index (χ1v) is 6.54. The van der Waals surface area contributed by atoms with E-state index in [1.807, 2.05) is 19.0 Å². The molecule has 1 aromatic heterocycles. The smallest absolute Gasteiger partial charge is 0.382 e. The number of rotatable bonds is 6. The summed E-state index contributed by atoms with van der Waals surface area (Å²) in [5, 5.41) is 15.4. The Morgan fingerprint density at radius 1 is 1.45 bits per heavy atom. The van der Waals surface area contributed by atoms with Crippen molar-refractivity contribution in [2.24, 2.45) is 0 Å². The maximum atomic E-state index is 12.2. The van der Waals surface area contributed by atoms with Crippen molar-refractivity contribution in [3.63, 3.8) is 0 Å². The van der Waals surface area contributed by atoms with Crippen LogP contribution in [0.15, 0.2) is 12.3 Å². The molecule has 10 heteroatoms. The Morgan fingerprint density at radius 3 is 2.64 bits per heavy atom. The van der Waals surface area contributed by atoms with Crippen molar-refractivity contribution >= 4 is 11.8 Å². The molecule has 1 heterocycles. The molecule has 0 aliphatic heterocycles. The Bertz CT molecular complexity index is 489.